The lowest BCUT2D eigenvalue weighted by Crippen LogP contribution is -2.25. The summed E-state index contributed by atoms with van der Waals surface area (Å²) < 4.78 is 38.9. The van der Waals surface area contributed by atoms with E-state index in [9.17, 15) is 18.0 Å². The van der Waals surface area contributed by atoms with Crippen molar-refractivity contribution < 1.29 is 13.2 Å². The maximum absolute atomic E-state index is 12.6. The Labute approximate surface area is 103 Å². The number of hydrogen-bond donors (Lipinski definition) is 0. The molecule has 1 fully saturated rings. The molecule has 0 saturated heterocycles. The maximum Gasteiger partial charge on any atom is 0.417 e. The lowest BCUT2D eigenvalue weighted by Gasteiger charge is -2.22. The minimum Gasteiger partial charge on any atom is -0.315 e. The Balaban J connectivity index is 2.18. The number of hydrogen-bond acceptors (Lipinski definition) is 1. The van der Waals surface area contributed by atoms with Crippen molar-refractivity contribution in [1.82, 2.24) is 4.57 Å². The molecule has 1 aliphatic carbocycles. The van der Waals surface area contributed by atoms with Crippen molar-refractivity contribution in [2.45, 2.75) is 44.8 Å². The highest BCUT2D eigenvalue weighted by Gasteiger charge is 2.31. The van der Waals surface area contributed by atoms with Crippen molar-refractivity contribution in [1.29, 1.82) is 0 Å². The van der Waals surface area contributed by atoms with Gasteiger partial charge in [-0.05, 0) is 24.8 Å². The van der Waals surface area contributed by atoms with Crippen LogP contribution in [0.3, 0.4) is 0 Å². The van der Waals surface area contributed by atoms with Crippen LogP contribution in [0.4, 0.5) is 13.2 Å². The van der Waals surface area contributed by atoms with Crippen molar-refractivity contribution in [2.24, 2.45) is 5.92 Å². The van der Waals surface area contributed by atoms with Crippen LogP contribution in [0.25, 0.3) is 0 Å². The Morgan fingerprint density at radius 1 is 1.17 bits per heavy atom. The summed E-state index contributed by atoms with van der Waals surface area (Å²) in [6.07, 6.45) is 1.97. The van der Waals surface area contributed by atoms with Crippen LogP contribution < -0.4 is 5.56 Å². The quantitative estimate of drug-likeness (QED) is 0.797. The van der Waals surface area contributed by atoms with E-state index >= 15 is 0 Å². The fourth-order valence-corrected chi connectivity index (χ4v) is 2.49. The maximum atomic E-state index is 12.6. The van der Waals surface area contributed by atoms with E-state index in [2.05, 4.69) is 0 Å². The zero-order chi connectivity index (χ0) is 13.2. The molecule has 1 aromatic heterocycles. The highest BCUT2D eigenvalue weighted by molar-refractivity contribution is 5.13. The lowest BCUT2D eigenvalue weighted by molar-refractivity contribution is -0.138. The van der Waals surface area contributed by atoms with Crippen molar-refractivity contribution in [3.8, 4) is 0 Å². The predicted molar refractivity (Wildman–Crippen MR) is 62.3 cm³/mol. The minimum atomic E-state index is -4.39. The number of rotatable bonds is 2. The Morgan fingerprint density at radius 2 is 1.83 bits per heavy atom. The average molecular weight is 259 g/mol. The number of aromatic nitrogens is 1. The summed E-state index contributed by atoms with van der Waals surface area (Å²) in [5.41, 5.74) is -1.11. The molecule has 2 nitrogen and oxygen atoms in total. The molecule has 0 aliphatic heterocycles. The highest BCUT2D eigenvalue weighted by atomic mass is 19.4. The zero-order valence-corrected chi connectivity index (χ0v) is 10.0. The van der Waals surface area contributed by atoms with Crippen molar-refractivity contribution in [3.63, 3.8) is 0 Å². The Bertz CT molecular complexity index is 458. The zero-order valence-electron chi connectivity index (χ0n) is 10.0. The molecule has 1 saturated carbocycles. The van der Waals surface area contributed by atoms with Gasteiger partial charge in [-0.15, -0.1) is 0 Å². The van der Waals surface area contributed by atoms with Gasteiger partial charge in [-0.3, -0.25) is 4.79 Å². The van der Waals surface area contributed by atoms with Gasteiger partial charge in [0.15, 0.2) is 0 Å². The van der Waals surface area contributed by atoms with E-state index in [0.29, 0.717) is 12.5 Å². The molecule has 1 aromatic rings. The summed E-state index contributed by atoms with van der Waals surface area (Å²) in [7, 11) is 0. The van der Waals surface area contributed by atoms with Gasteiger partial charge in [-0.25, -0.2) is 0 Å². The number of alkyl halides is 3. The van der Waals surface area contributed by atoms with Gasteiger partial charge in [0.25, 0.3) is 5.56 Å². The first-order valence-corrected chi connectivity index (χ1v) is 6.24. The molecule has 0 radical (unpaired) electrons. The molecule has 0 aromatic carbocycles. The SMILES string of the molecule is O=c1ccc(C(F)(F)F)cn1CC1CCCCC1. The van der Waals surface area contributed by atoms with Gasteiger partial charge in [-0.1, -0.05) is 19.3 Å². The van der Waals surface area contributed by atoms with Crippen LogP contribution in [0.1, 0.15) is 37.7 Å². The largest absolute Gasteiger partial charge is 0.417 e. The summed E-state index contributed by atoms with van der Waals surface area (Å²) in [6.45, 7) is 0.406. The van der Waals surface area contributed by atoms with Crippen LogP contribution in [0.15, 0.2) is 23.1 Å². The fourth-order valence-electron chi connectivity index (χ4n) is 2.49. The first-order chi connectivity index (χ1) is 8.47. The second kappa shape index (κ2) is 5.16. The van der Waals surface area contributed by atoms with Crippen molar-refractivity contribution in [3.05, 3.63) is 34.2 Å². The van der Waals surface area contributed by atoms with E-state index in [1.165, 1.54) is 11.0 Å². The normalized spacial score (nSPS) is 17.9. The first kappa shape index (κ1) is 13.2. The van der Waals surface area contributed by atoms with Gasteiger partial charge < -0.3 is 4.57 Å². The molecule has 1 aliphatic rings. The van der Waals surface area contributed by atoms with E-state index < -0.39 is 11.7 Å². The van der Waals surface area contributed by atoms with Crippen LogP contribution >= 0.6 is 0 Å². The summed E-state index contributed by atoms with van der Waals surface area (Å²) in [5, 5.41) is 0. The number of halogens is 3. The first-order valence-electron chi connectivity index (χ1n) is 6.24. The Hall–Kier alpha value is -1.26. The van der Waals surface area contributed by atoms with E-state index in [4.69, 9.17) is 0 Å². The molecular formula is C13H16F3NO. The van der Waals surface area contributed by atoms with Gasteiger partial charge >= 0.3 is 6.18 Å². The smallest absolute Gasteiger partial charge is 0.315 e. The molecule has 0 unspecified atom stereocenters. The number of nitrogens with zero attached hydrogens (tertiary/aromatic N) is 1. The molecule has 0 amide bonds. The summed E-state index contributed by atoms with van der Waals surface area (Å²) >= 11 is 0. The molecule has 0 spiro atoms. The highest BCUT2D eigenvalue weighted by Crippen LogP contribution is 2.29. The summed E-state index contributed by atoms with van der Waals surface area (Å²) in [6, 6.07) is 1.85. The lowest BCUT2D eigenvalue weighted by atomic mass is 9.89. The molecule has 100 valence electrons. The van der Waals surface area contributed by atoms with Crippen molar-refractivity contribution in [2.75, 3.05) is 0 Å². The van der Waals surface area contributed by atoms with Gasteiger partial charge in [0.2, 0.25) is 0 Å². The third-order valence-electron chi connectivity index (χ3n) is 3.49. The molecule has 5 heteroatoms. The standard InChI is InChI=1S/C13H16F3NO/c14-13(15,16)11-6-7-12(18)17(9-11)8-10-4-2-1-3-5-10/h6-7,9-10H,1-5,8H2. The second-order valence-corrected chi connectivity index (χ2v) is 4.91. The topological polar surface area (TPSA) is 22.0 Å². The van der Waals surface area contributed by atoms with Crippen LogP contribution in [0, 0.1) is 5.92 Å². The predicted octanol–water partition coefficient (Wildman–Crippen LogP) is 3.45. The Morgan fingerprint density at radius 3 is 2.44 bits per heavy atom. The van der Waals surface area contributed by atoms with Gasteiger partial charge in [0, 0.05) is 18.8 Å². The van der Waals surface area contributed by atoms with Gasteiger partial charge in [0.05, 0.1) is 5.56 Å². The van der Waals surface area contributed by atoms with E-state index in [-0.39, 0.29) is 5.56 Å². The average Bonchev–Trinajstić information content (AvgIpc) is 2.32. The van der Waals surface area contributed by atoms with Crippen LogP contribution in [0.5, 0.6) is 0 Å². The van der Waals surface area contributed by atoms with Crippen LogP contribution in [0.2, 0.25) is 0 Å². The van der Waals surface area contributed by atoms with Crippen LogP contribution in [-0.2, 0) is 12.7 Å². The molecule has 18 heavy (non-hydrogen) atoms. The van der Waals surface area contributed by atoms with E-state index in [0.717, 1.165) is 44.0 Å². The molecule has 1 heterocycles. The van der Waals surface area contributed by atoms with E-state index in [1.807, 2.05) is 0 Å². The Kier molecular flexibility index (Phi) is 3.78. The molecule has 0 atom stereocenters. The van der Waals surface area contributed by atoms with E-state index in [1.54, 1.807) is 0 Å². The summed E-state index contributed by atoms with van der Waals surface area (Å²) in [4.78, 5) is 11.6. The van der Waals surface area contributed by atoms with Crippen molar-refractivity contribution >= 4 is 0 Å². The summed E-state index contributed by atoms with van der Waals surface area (Å²) in [5.74, 6) is 0.333. The fraction of sp³-hybridized carbons (Fsp3) is 0.615. The molecule has 0 N–H and O–H groups in total. The molecule has 2 rings (SSSR count). The van der Waals surface area contributed by atoms with Crippen LogP contribution in [-0.4, -0.2) is 4.57 Å². The minimum absolute atomic E-state index is 0.333. The molecular weight excluding hydrogens is 243 g/mol. The third-order valence-corrected chi connectivity index (χ3v) is 3.49. The van der Waals surface area contributed by atoms with Gasteiger partial charge in [0.1, 0.15) is 0 Å². The second-order valence-electron chi connectivity index (χ2n) is 4.91. The number of pyridine rings is 1. The van der Waals surface area contributed by atoms with Gasteiger partial charge in [-0.2, -0.15) is 13.2 Å². The molecule has 0 bridgehead atoms. The third kappa shape index (κ3) is 3.15. The monoisotopic (exact) mass is 259 g/mol.